The van der Waals surface area contributed by atoms with Crippen molar-refractivity contribution in [3.05, 3.63) is 167 Å². The van der Waals surface area contributed by atoms with Crippen LogP contribution in [0.15, 0.2) is 133 Å². The molecule has 288 valence electrons. The second-order valence-electron chi connectivity index (χ2n) is 17.7. The van der Waals surface area contributed by atoms with Gasteiger partial charge in [-0.1, -0.05) is 84.9 Å². The van der Waals surface area contributed by atoms with Gasteiger partial charge in [0.15, 0.2) is 0 Å². The summed E-state index contributed by atoms with van der Waals surface area (Å²) in [6.45, 7) is 3.85. The number of hydrogen-bond donors (Lipinski definition) is 0. The molecule has 4 heteroatoms. The number of benzene rings is 12. The zero-order valence-corrected chi connectivity index (χ0v) is 34.5. The van der Waals surface area contributed by atoms with E-state index in [1.165, 1.54) is 37.7 Å². The van der Waals surface area contributed by atoms with E-state index >= 15 is 0 Å². The van der Waals surface area contributed by atoms with E-state index in [1.54, 1.807) is 0 Å². The molecule has 0 saturated carbocycles. The van der Waals surface area contributed by atoms with Crippen molar-refractivity contribution in [2.75, 3.05) is 0 Å². The first-order valence-electron chi connectivity index (χ1n) is 21.4. The number of rotatable bonds is 2. The summed E-state index contributed by atoms with van der Waals surface area (Å²) in [5.41, 5.74) is 6.10. The molecular weight excluding hydrogens is 777 g/mol. The lowest BCUT2D eigenvalue weighted by molar-refractivity contribution is 1.39. The Labute approximate surface area is 365 Å². The van der Waals surface area contributed by atoms with Gasteiger partial charge in [-0.2, -0.15) is 21.0 Å². The Kier molecular flexibility index (Phi) is 6.41. The van der Waals surface area contributed by atoms with E-state index in [9.17, 15) is 21.0 Å². The van der Waals surface area contributed by atoms with Crippen LogP contribution in [0.3, 0.4) is 0 Å². The molecule has 4 nitrogen and oxygen atoms in total. The zero-order valence-electron chi connectivity index (χ0n) is 34.5. The number of fused-ring (bicyclic) bond motifs is 7. The average molecular weight is 805 g/mol. The Morgan fingerprint density at radius 3 is 1.12 bits per heavy atom. The predicted molar refractivity (Wildman–Crippen MR) is 263 cm³/mol. The van der Waals surface area contributed by atoms with E-state index < -0.39 is 0 Å². The van der Waals surface area contributed by atoms with Gasteiger partial charge >= 0.3 is 0 Å². The van der Waals surface area contributed by atoms with Crippen LogP contribution in [0.4, 0.5) is 0 Å². The summed E-state index contributed by atoms with van der Waals surface area (Å²) in [5.74, 6) is 0. The zero-order chi connectivity index (χ0) is 42.9. The number of hydrogen-bond acceptors (Lipinski definition) is 4. The van der Waals surface area contributed by atoms with Crippen molar-refractivity contribution in [1.29, 1.82) is 21.0 Å². The molecule has 14 aromatic carbocycles. The Hall–Kier alpha value is -9.06. The first-order chi connectivity index (χ1) is 31.4. The fraction of sp³-hybridized carbons (Fsp3) is 0.0333. The average Bonchev–Trinajstić information content (AvgIpc) is 3.82. The quantitative estimate of drug-likeness (QED) is 0.163. The predicted octanol–water partition coefficient (Wildman–Crippen LogP) is 15.6. The van der Waals surface area contributed by atoms with E-state index in [-0.39, 0.29) is 0 Å². The molecule has 0 aromatic heterocycles. The third kappa shape index (κ3) is 4.09. The molecule has 64 heavy (non-hydrogen) atoms. The van der Waals surface area contributed by atoms with Crippen LogP contribution in [0, 0.1) is 59.2 Å². The van der Waals surface area contributed by atoms with Crippen molar-refractivity contribution in [3.8, 4) is 46.5 Å². The number of aryl methyl sites for hydroxylation is 2. The van der Waals surface area contributed by atoms with Crippen LogP contribution in [0.5, 0.6) is 0 Å². The Balaban J connectivity index is 1.35. The van der Waals surface area contributed by atoms with E-state index in [1.807, 2.05) is 38.1 Å². The SMILES string of the molecule is Cc1cc(C#N)c(-c2c3cc4c(cc3c(-c3c(C#N)cc(C)cc3C#N)c3c5cc6cccc7ccc8ccc(c23)c5c8c76)c2ccc3ccc5cccc6cc4c2c3c56)c(C#N)c1. The Morgan fingerprint density at radius 1 is 0.266 bits per heavy atom. The molecule has 0 unspecified atom stereocenters. The van der Waals surface area contributed by atoms with Crippen LogP contribution in [-0.4, -0.2) is 0 Å². The maximum atomic E-state index is 11.1. The Bertz CT molecular complexity index is 4590. The summed E-state index contributed by atoms with van der Waals surface area (Å²) in [5, 5.41) is 68.1. The summed E-state index contributed by atoms with van der Waals surface area (Å²) in [6.07, 6.45) is 0. The van der Waals surface area contributed by atoms with Gasteiger partial charge in [0.1, 0.15) is 0 Å². The smallest absolute Gasteiger partial charge is 0.0998 e. The topological polar surface area (TPSA) is 95.2 Å². The largest absolute Gasteiger partial charge is 0.192 e. The fourth-order valence-corrected chi connectivity index (χ4v) is 12.0. The summed E-state index contributed by atoms with van der Waals surface area (Å²) >= 11 is 0. The standard InChI is InChI=1S/C60H28N4/c1-29-17-37(25-61)51(38(18-29)26-62)58-47-24-44-43(41-15-13-33-11-9-31-5-3-7-35-21-45(44)55(41)53(33)49(31)35)23-46(47)59(52-39(27-63)19-30(2)20-40(52)28-64)60-48-22-36-8-4-6-32-10-12-34-14-16-42(57(58)60)56(48)54(34)50(32)36/h3-24H,1-2H3. The number of nitrogens with zero attached hydrogens (tertiary/aromatic N) is 4. The molecule has 0 spiro atoms. The van der Waals surface area contributed by atoms with Gasteiger partial charge in [0.05, 0.1) is 46.5 Å². The first kappa shape index (κ1) is 34.6. The third-order valence-corrected chi connectivity index (χ3v) is 14.4. The minimum absolute atomic E-state index is 0.418. The molecule has 0 radical (unpaired) electrons. The van der Waals surface area contributed by atoms with Crippen LogP contribution in [0.2, 0.25) is 0 Å². The van der Waals surface area contributed by atoms with Crippen LogP contribution >= 0.6 is 0 Å². The lowest BCUT2D eigenvalue weighted by Gasteiger charge is -2.20. The van der Waals surface area contributed by atoms with Gasteiger partial charge in [0, 0.05) is 22.3 Å². The minimum atomic E-state index is 0.418. The molecule has 0 heterocycles. The lowest BCUT2D eigenvalue weighted by atomic mass is 9.81. The monoisotopic (exact) mass is 804 g/mol. The molecule has 0 aliphatic rings. The fourth-order valence-electron chi connectivity index (χ4n) is 12.0. The van der Waals surface area contributed by atoms with Crippen LogP contribution in [0.25, 0.3) is 141 Å². The molecule has 0 bridgehead atoms. The molecule has 0 atom stereocenters. The normalized spacial score (nSPS) is 12.2. The van der Waals surface area contributed by atoms with Crippen molar-refractivity contribution in [2.45, 2.75) is 13.8 Å². The molecule has 14 aromatic rings. The highest BCUT2D eigenvalue weighted by molar-refractivity contribution is 6.47. The molecule has 0 aliphatic carbocycles. The van der Waals surface area contributed by atoms with Gasteiger partial charge in [0.25, 0.3) is 0 Å². The van der Waals surface area contributed by atoms with Crippen LogP contribution in [0.1, 0.15) is 33.4 Å². The summed E-state index contributed by atoms with van der Waals surface area (Å²) < 4.78 is 0. The molecule has 14 rings (SSSR count). The summed E-state index contributed by atoms with van der Waals surface area (Å²) in [7, 11) is 0. The van der Waals surface area contributed by atoms with Gasteiger partial charge < -0.3 is 0 Å². The summed E-state index contributed by atoms with van der Waals surface area (Å²) in [4.78, 5) is 0. The second kappa shape index (κ2) is 11.9. The second-order valence-corrected chi connectivity index (χ2v) is 17.7. The maximum absolute atomic E-state index is 11.1. The van der Waals surface area contributed by atoms with E-state index in [2.05, 4.69) is 133 Å². The van der Waals surface area contributed by atoms with Crippen LogP contribution in [-0.2, 0) is 0 Å². The molecule has 0 N–H and O–H groups in total. The van der Waals surface area contributed by atoms with Crippen molar-refractivity contribution >= 4 is 118 Å². The maximum Gasteiger partial charge on any atom is 0.0998 e. The molecule has 0 fully saturated rings. The molecule has 0 aliphatic heterocycles. The third-order valence-electron chi connectivity index (χ3n) is 14.4. The van der Waals surface area contributed by atoms with Crippen molar-refractivity contribution < 1.29 is 0 Å². The highest BCUT2D eigenvalue weighted by Gasteiger charge is 2.31. The molecule has 0 amide bonds. The van der Waals surface area contributed by atoms with Crippen molar-refractivity contribution in [3.63, 3.8) is 0 Å². The molecule has 0 saturated heterocycles. The Morgan fingerprint density at radius 2 is 0.641 bits per heavy atom. The highest BCUT2D eigenvalue weighted by Crippen LogP contribution is 2.57. The first-order valence-corrected chi connectivity index (χ1v) is 21.4. The van der Waals surface area contributed by atoms with Gasteiger partial charge in [-0.05, 0) is 192 Å². The van der Waals surface area contributed by atoms with E-state index in [0.717, 1.165) is 103 Å². The van der Waals surface area contributed by atoms with Gasteiger partial charge in [-0.15, -0.1) is 0 Å². The van der Waals surface area contributed by atoms with Crippen molar-refractivity contribution in [2.24, 2.45) is 0 Å². The van der Waals surface area contributed by atoms with Crippen LogP contribution < -0.4 is 0 Å². The van der Waals surface area contributed by atoms with Crippen molar-refractivity contribution in [1.82, 2.24) is 0 Å². The number of nitriles is 4. The lowest BCUT2D eigenvalue weighted by Crippen LogP contribution is -1.98. The van der Waals surface area contributed by atoms with Gasteiger partial charge in [0.2, 0.25) is 0 Å². The molecular formula is C60H28N4. The highest BCUT2D eigenvalue weighted by atomic mass is 14.4. The van der Waals surface area contributed by atoms with Gasteiger partial charge in [-0.3, -0.25) is 0 Å². The van der Waals surface area contributed by atoms with Gasteiger partial charge in [-0.25, -0.2) is 0 Å². The summed E-state index contributed by atoms with van der Waals surface area (Å²) in [6, 6.07) is 57.3. The van der Waals surface area contributed by atoms with E-state index in [4.69, 9.17) is 0 Å². The minimum Gasteiger partial charge on any atom is -0.192 e. The van der Waals surface area contributed by atoms with E-state index in [0.29, 0.717) is 33.4 Å².